The summed E-state index contributed by atoms with van der Waals surface area (Å²) in [4.78, 5) is 4.44. The third kappa shape index (κ3) is 4.38. The van der Waals surface area contributed by atoms with Gasteiger partial charge in [-0.15, -0.1) is 0 Å². The van der Waals surface area contributed by atoms with E-state index < -0.39 is 6.10 Å². The number of benzene rings is 2. The number of hydrogen-bond donors (Lipinski definition) is 3. The van der Waals surface area contributed by atoms with Crippen molar-refractivity contribution in [1.82, 2.24) is 10.3 Å². The minimum atomic E-state index is -0.585. The molecule has 1 heterocycles. The van der Waals surface area contributed by atoms with Crippen molar-refractivity contribution >= 4 is 10.9 Å². The van der Waals surface area contributed by atoms with Crippen LogP contribution in [0.5, 0.6) is 0 Å². The van der Waals surface area contributed by atoms with Gasteiger partial charge in [-0.3, -0.25) is 4.98 Å². The summed E-state index contributed by atoms with van der Waals surface area (Å²) in [6.07, 6.45) is 1.95. The van der Waals surface area contributed by atoms with Crippen LogP contribution in [0.15, 0.2) is 66.9 Å². The lowest BCUT2D eigenvalue weighted by molar-refractivity contribution is 0.141. The molecule has 2 aromatic carbocycles. The number of hydrogen-bond acceptors (Lipinski definition) is 4. The van der Waals surface area contributed by atoms with Gasteiger partial charge >= 0.3 is 0 Å². The molecule has 3 rings (SSSR count). The van der Waals surface area contributed by atoms with Gasteiger partial charge in [-0.25, -0.2) is 0 Å². The molecule has 0 saturated carbocycles. The average Bonchev–Trinajstić information content (AvgIpc) is 2.62. The highest BCUT2D eigenvalue weighted by atomic mass is 16.3. The fourth-order valence-corrected chi connectivity index (χ4v) is 2.75. The van der Waals surface area contributed by atoms with Crippen molar-refractivity contribution in [3.05, 3.63) is 78.0 Å². The molecule has 2 atom stereocenters. The van der Waals surface area contributed by atoms with E-state index in [1.807, 2.05) is 54.7 Å². The molecule has 4 heteroatoms. The molecular weight excluding hydrogens is 298 g/mol. The van der Waals surface area contributed by atoms with Gasteiger partial charge in [-0.05, 0) is 29.7 Å². The average molecular weight is 321 g/mol. The number of fused-ring (bicyclic) bond motifs is 1. The van der Waals surface area contributed by atoms with Gasteiger partial charge in [0.25, 0.3) is 0 Å². The normalized spacial score (nSPS) is 13.8. The highest BCUT2D eigenvalue weighted by molar-refractivity contribution is 5.78. The molecule has 0 aliphatic carbocycles. The summed E-state index contributed by atoms with van der Waals surface area (Å²) in [6, 6.07) is 19.9. The Labute approximate surface area is 142 Å². The molecule has 1 aromatic heterocycles. The quantitative estimate of drug-likeness (QED) is 0.624. The number of rotatable bonds is 7. The van der Waals surface area contributed by atoms with E-state index in [0.717, 1.165) is 22.0 Å². The maximum Gasteiger partial charge on any atom is 0.0818 e. The smallest absolute Gasteiger partial charge is 0.0818 e. The second-order valence-corrected chi connectivity index (χ2v) is 6.09. The Bertz CT molecular complexity index is 776. The van der Waals surface area contributed by atoms with E-state index in [1.54, 1.807) is 0 Å². The molecule has 0 bridgehead atoms. The Morgan fingerprint density at radius 2 is 1.75 bits per heavy atom. The monoisotopic (exact) mass is 321 g/mol. The zero-order valence-corrected chi connectivity index (χ0v) is 13.6. The van der Waals surface area contributed by atoms with Crippen molar-refractivity contribution in [2.45, 2.75) is 25.1 Å². The molecule has 4 nitrogen and oxygen atoms in total. The molecule has 3 aromatic rings. The summed E-state index contributed by atoms with van der Waals surface area (Å²) in [6.45, 7) is 1.12. The van der Waals surface area contributed by atoms with Gasteiger partial charge in [0.2, 0.25) is 0 Å². The van der Waals surface area contributed by atoms with E-state index in [4.69, 9.17) is 5.73 Å². The topological polar surface area (TPSA) is 71.2 Å². The van der Waals surface area contributed by atoms with E-state index in [-0.39, 0.29) is 6.04 Å². The summed E-state index contributed by atoms with van der Waals surface area (Å²) >= 11 is 0. The Morgan fingerprint density at radius 1 is 1.00 bits per heavy atom. The van der Waals surface area contributed by atoms with Crippen molar-refractivity contribution in [2.75, 3.05) is 6.54 Å². The maximum absolute atomic E-state index is 10.2. The van der Waals surface area contributed by atoms with Gasteiger partial charge in [0.1, 0.15) is 0 Å². The van der Waals surface area contributed by atoms with Crippen molar-refractivity contribution in [2.24, 2.45) is 5.73 Å². The van der Waals surface area contributed by atoms with E-state index in [1.165, 1.54) is 0 Å². The van der Waals surface area contributed by atoms with Gasteiger partial charge in [0.05, 0.1) is 11.6 Å². The summed E-state index contributed by atoms with van der Waals surface area (Å²) in [5.41, 5.74) is 9.33. The van der Waals surface area contributed by atoms with Gasteiger partial charge in [0, 0.05) is 30.7 Å². The molecule has 0 aliphatic heterocycles. The minimum Gasteiger partial charge on any atom is -0.390 e. The molecule has 0 amide bonds. The molecule has 4 N–H and O–H groups in total. The first-order valence-corrected chi connectivity index (χ1v) is 8.24. The molecule has 0 radical (unpaired) electrons. The number of aromatic nitrogens is 1. The number of nitrogens with two attached hydrogens (primary N) is 1. The molecule has 0 aliphatic rings. The summed E-state index contributed by atoms with van der Waals surface area (Å²) in [7, 11) is 0. The number of nitrogens with zero attached hydrogens (tertiary/aromatic N) is 1. The summed E-state index contributed by atoms with van der Waals surface area (Å²) in [5.74, 6) is 0. The zero-order chi connectivity index (χ0) is 16.8. The standard InChI is InChI=1S/C20H23N3O/c21-18(11-15-6-2-1-3-7-15)20(24)14-22-12-16-10-17-8-4-5-9-19(17)23-13-16/h1-10,13,18,20,22,24H,11-12,14,21H2/t18-,20+/m0/s1. The van der Waals surface area contributed by atoms with Crippen molar-refractivity contribution < 1.29 is 5.11 Å². The summed E-state index contributed by atoms with van der Waals surface area (Å²) < 4.78 is 0. The van der Waals surface area contributed by atoms with Gasteiger partial charge < -0.3 is 16.2 Å². The fraction of sp³-hybridized carbons (Fsp3) is 0.250. The number of pyridine rings is 1. The molecule has 0 spiro atoms. The van der Waals surface area contributed by atoms with Crippen molar-refractivity contribution in [3.63, 3.8) is 0 Å². The maximum atomic E-state index is 10.2. The molecule has 124 valence electrons. The number of para-hydroxylation sites is 1. The number of nitrogens with one attached hydrogen (secondary N) is 1. The van der Waals surface area contributed by atoms with Gasteiger partial charge in [-0.1, -0.05) is 48.5 Å². The molecule has 0 saturated heterocycles. The summed E-state index contributed by atoms with van der Waals surface area (Å²) in [5, 5.41) is 14.6. The third-order valence-corrected chi connectivity index (χ3v) is 4.14. The fourth-order valence-electron chi connectivity index (χ4n) is 2.75. The zero-order valence-electron chi connectivity index (χ0n) is 13.6. The SMILES string of the molecule is N[C@@H](Cc1ccccc1)[C@H](O)CNCc1cnc2ccccc2c1. The van der Waals surface area contributed by atoms with E-state index >= 15 is 0 Å². The first kappa shape index (κ1) is 16.6. The van der Waals surface area contributed by atoms with Crippen LogP contribution in [0.4, 0.5) is 0 Å². The van der Waals surface area contributed by atoms with Crippen LogP contribution in [0.25, 0.3) is 10.9 Å². The lowest BCUT2D eigenvalue weighted by atomic mass is 10.0. The molecule has 0 fully saturated rings. The van der Waals surface area contributed by atoms with Crippen LogP contribution in [-0.2, 0) is 13.0 Å². The lowest BCUT2D eigenvalue weighted by Crippen LogP contribution is -2.43. The van der Waals surface area contributed by atoms with E-state index in [9.17, 15) is 5.11 Å². The number of aliphatic hydroxyl groups excluding tert-OH is 1. The highest BCUT2D eigenvalue weighted by Gasteiger charge is 2.14. The molecular formula is C20H23N3O. The van der Waals surface area contributed by atoms with Crippen LogP contribution in [0.3, 0.4) is 0 Å². The highest BCUT2D eigenvalue weighted by Crippen LogP contribution is 2.12. The first-order chi connectivity index (χ1) is 11.7. The molecule has 24 heavy (non-hydrogen) atoms. The lowest BCUT2D eigenvalue weighted by Gasteiger charge is -2.19. The molecule has 0 unspecified atom stereocenters. The van der Waals surface area contributed by atoms with E-state index in [0.29, 0.717) is 19.5 Å². The van der Waals surface area contributed by atoms with Crippen LogP contribution in [0.1, 0.15) is 11.1 Å². The Hall–Kier alpha value is -2.27. The van der Waals surface area contributed by atoms with E-state index in [2.05, 4.69) is 22.4 Å². The predicted octanol–water partition coefficient (Wildman–Crippen LogP) is 2.26. The van der Waals surface area contributed by atoms with Crippen LogP contribution in [-0.4, -0.2) is 28.8 Å². The Balaban J connectivity index is 1.49. The minimum absolute atomic E-state index is 0.283. The number of aliphatic hydroxyl groups is 1. The van der Waals surface area contributed by atoms with Crippen molar-refractivity contribution in [1.29, 1.82) is 0 Å². The van der Waals surface area contributed by atoms with Crippen LogP contribution in [0.2, 0.25) is 0 Å². The third-order valence-electron chi connectivity index (χ3n) is 4.14. The van der Waals surface area contributed by atoms with Crippen LogP contribution < -0.4 is 11.1 Å². The van der Waals surface area contributed by atoms with Gasteiger partial charge in [-0.2, -0.15) is 0 Å². The van der Waals surface area contributed by atoms with Crippen LogP contribution in [0, 0.1) is 0 Å². The van der Waals surface area contributed by atoms with Crippen molar-refractivity contribution in [3.8, 4) is 0 Å². The largest absolute Gasteiger partial charge is 0.390 e. The Morgan fingerprint density at radius 3 is 2.58 bits per heavy atom. The second kappa shape index (κ2) is 8.02. The second-order valence-electron chi connectivity index (χ2n) is 6.09. The van der Waals surface area contributed by atoms with Crippen LogP contribution >= 0.6 is 0 Å². The first-order valence-electron chi connectivity index (χ1n) is 8.24. The van der Waals surface area contributed by atoms with Gasteiger partial charge in [0.15, 0.2) is 0 Å². The Kier molecular flexibility index (Phi) is 5.54. The predicted molar refractivity (Wildman–Crippen MR) is 97.6 cm³/mol.